The number of fused-ring (bicyclic) bond motifs is 1. The van der Waals surface area contributed by atoms with Crippen LogP contribution in [0.15, 0.2) is 40.5 Å². The number of carbonyl (C=O) groups excluding carboxylic acids is 1. The van der Waals surface area contributed by atoms with Crippen molar-refractivity contribution in [1.82, 2.24) is 4.98 Å². The van der Waals surface area contributed by atoms with E-state index in [1.54, 1.807) is 25.4 Å². The zero-order valence-electron chi connectivity index (χ0n) is 10.7. The van der Waals surface area contributed by atoms with Crippen LogP contribution in [0.4, 0.5) is 0 Å². The Morgan fingerprint density at radius 2 is 2.40 bits per heavy atom. The molecule has 0 spiro atoms. The minimum Gasteiger partial charge on any atom is -0.463 e. The molecule has 0 amide bonds. The van der Waals surface area contributed by atoms with Gasteiger partial charge in [-0.05, 0) is 18.4 Å². The van der Waals surface area contributed by atoms with Crippen LogP contribution in [-0.2, 0) is 9.53 Å². The number of carbonyl (C=O) groups is 1. The second-order valence-electron chi connectivity index (χ2n) is 4.21. The summed E-state index contributed by atoms with van der Waals surface area (Å²) in [5.74, 6) is -0.454. The van der Waals surface area contributed by atoms with Crippen LogP contribution >= 0.6 is 23.4 Å². The highest BCUT2D eigenvalue weighted by Crippen LogP contribution is 2.43. The molecule has 6 heteroatoms. The van der Waals surface area contributed by atoms with E-state index < -0.39 is 0 Å². The molecular formula is C14H11ClN2O2S. The van der Waals surface area contributed by atoms with Crippen molar-refractivity contribution in [1.29, 1.82) is 0 Å². The van der Waals surface area contributed by atoms with Gasteiger partial charge in [0.25, 0.3) is 0 Å². The predicted molar refractivity (Wildman–Crippen MR) is 80.5 cm³/mol. The van der Waals surface area contributed by atoms with Crippen LogP contribution in [0, 0.1) is 5.92 Å². The van der Waals surface area contributed by atoms with Gasteiger partial charge >= 0.3 is 5.97 Å². The molecule has 20 heavy (non-hydrogen) atoms. The molecule has 0 bridgehead atoms. The monoisotopic (exact) mass is 306 g/mol. The standard InChI is InChI=1S/C14H11ClN2O2S/c1-2-19-14(18)11-9-4-6-20-13(9)17-12(11)8-3-5-16-7-10(8)15/h3-7,9H,2H2,1H3. The summed E-state index contributed by atoms with van der Waals surface area (Å²) in [7, 11) is 0. The van der Waals surface area contributed by atoms with E-state index in [4.69, 9.17) is 16.3 Å². The molecule has 102 valence electrons. The van der Waals surface area contributed by atoms with Gasteiger partial charge in [0.15, 0.2) is 0 Å². The number of hydrogen-bond acceptors (Lipinski definition) is 5. The Bertz CT molecular complexity index is 667. The van der Waals surface area contributed by atoms with Gasteiger partial charge in [-0.15, -0.1) is 0 Å². The van der Waals surface area contributed by atoms with Gasteiger partial charge in [-0.25, -0.2) is 9.79 Å². The lowest BCUT2D eigenvalue weighted by Crippen LogP contribution is -2.15. The molecule has 4 nitrogen and oxygen atoms in total. The molecule has 1 unspecified atom stereocenters. The normalized spacial score (nSPS) is 20.1. The Labute approximate surface area is 125 Å². The quantitative estimate of drug-likeness (QED) is 0.804. The van der Waals surface area contributed by atoms with Gasteiger partial charge in [0.2, 0.25) is 0 Å². The summed E-state index contributed by atoms with van der Waals surface area (Å²) in [6, 6.07) is 1.76. The van der Waals surface area contributed by atoms with Crippen molar-refractivity contribution in [2.75, 3.05) is 6.61 Å². The van der Waals surface area contributed by atoms with Crippen LogP contribution < -0.4 is 0 Å². The first-order chi connectivity index (χ1) is 9.72. The number of hydrogen-bond donors (Lipinski definition) is 0. The van der Waals surface area contributed by atoms with Crippen LogP contribution in [0.25, 0.3) is 5.70 Å². The van der Waals surface area contributed by atoms with E-state index in [1.165, 1.54) is 11.8 Å². The van der Waals surface area contributed by atoms with E-state index in [9.17, 15) is 4.79 Å². The molecule has 1 atom stereocenters. The van der Waals surface area contributed by atoms with Crippen molar-refractivity contribution in [2.24, 2.45) is 10.9 Å². The first kappa shape index (κ1) is 13.4. The molecule has 0 N–H and O–H groups in total. The number of ether oxygens (including phenoxy) is 1. The van der Waals surface area contributed by atoms with Crippen LogP contribution in [0.1, 0.15) is 12.5 Å². The Morgan fingerprint density at radius 1 is 1.55 bits per heavy atom. The number of nitrogens with zero attached hydrogens (tertiary/aromatic N) is 2. The fourth-order valence-corrected chi connectivity index (χ4v) is 3.25. The highest BCUT2D eigenvalue weighted by molar-refractivity contribution is 8.16. The van der Waals surface area contributed by atoms with Crippen molar-refractivity contribution in [3.63, 3.8) is 0 Å². The third-order valence-electron chi connectivity index (χ3n) is 3.04. The van der Waals surface area contributed by atoms with E-state index >= 15 is 0 Å². The minimum absolute atomic E-state index is 0.113. The first-order valence-corrected chi connectivity index (χ1v) is 7.41. The van der Waals surface area contributed by atoms with E-state index in [-0.39, 0.29) is 11.9 Å². The third-order valence-corrected chi connectivity index (χ3v) is 4.22. The lowest BCUT2D eigenvalue weighted by atomic mass is 9.98. The van der Waals surface area contributed by atoms with Crippen molar-refractivity contribution in [3.05, 3.63) is 46.1 Å². The van der Waals surface area contributed by atoms with E-state index in [0.717, 1.165) is 5.04 Å². The minimum atomic E-state index is -0.341. The Balaban J connectivity index is 2.12. The second-order valence-corrected chi connectivity index (χ2v) is 5.55. The topological polar surface area (TPSA) is 51.5 Å². The number of aromatic nitrogens is 1. The molecule has 0 saturated heterocycles. The summed E-state index contributed by atoms with van der Waals surface area (Å²) in [5, 5.41) is 3.30. The maximum Gasteiger partial charge on any atom is 0.337 e. The number of rotatable bonds is 3. The summed E-state index contributed by atoms with van der Waals surface area (Å²) in [4.78, 5) is 20.7. The smallest absolute Gasteiger partial charge is 0.337 e. The average Bonchev–Trinajstić information content (AvgIpc) is 2.99. The lowest BCUT2D eigenvalue weighted by molar-refractivity contribution is -0.138. The van der Waals surface area contributed by atoms with Crippen molar-refractivity contribution in [2.45, 2.75) is 6.92 Å². The molecule has 1 aromatic heterocycles. The number of pyridine rings is 1. The van der Waals surface area contributed by atoms with Crippen molar-refractivity contribution in [3.8, 4) is 0 Å². The van der Waals surface area contributed by atoms with Crippen LogP contribution in [0.3, 0.4) is 0 Å². The number of halogens is 1. The molecule has 0 fully saturated rings. The fourth-order valence-electron chi connectivity index (χ4n) is 2.18. The summed E-state index contributed by atoms with van der Waals surface area (Å²) in [5.41, 5.74) is 1.85. The highest BCUT2D eigenvalue weighted by atomic mass is 35.5. The van der Waals surface area contributed by atoms with Gasteiger partial charge in [0.05, 0.1) is 33.9 Å². The molecule has 3 heterocycles. The molecule has 2 aliphatic rings. The fraction of sp³-hybridized carbons (Fsp3) is 0.214. The maximum atomic E-state index is 12.2. The van der Waals surface area contributed by atoms with Gasteiger partial charge in [0, 0.05) is 18.0 Å². The van der Waals surface area contributed by atoms with E-state index in [1.807, 2.05) is 11.5 Å². The van der Waals surface area contributed by atoms with Gasteiger partial charge < -0.3 is 4.74 Å². The van der Waals surface area contributed by atoms with Crippen LogP contribution in [-0.4, -0.2) is 22.6 Å². The van der Waals surface area contributed by atoms with Crippen LogP contribution in [0.5, 0.6) is 0 Å². The van der Waals surface area contributed by atoms with Gasteiger partial charge in [-0.3, -0.25) is 4.98 Å². The molecule has 0 saturated carbocycles. The molecule has 3 rings (SSSR count). The van der Waals surface area contributed by atoms with Gasteiger partial charge in [-0.2, -0.15) is 0 Å². The number of aliphatic imine (C=N–C) groups is 1. The van der Waals surface area contributed by atoms with Crippen LogP contribution in [0.2, 0.25) is 5.02 Å². The molecule has 0 aliphatic carbocycles. The van der Waals surface area contributed by atoms with Crippen molar-refractivity contribution >= 4 is 40.1 Å². The Morgan fingerprint density at radius 3 is 3.15 bits per heavy atom. The molecule has 0 radical (unpaired) electrons. The Kier molecular flexibility index (Phi) is 3.63. The Hall–Kier alpha value is -1.59. The summed E-state index contributed by atoms with van der Waals surface area (Å²) < 4.78 is 5.15. The second kappa shape index (κ2) is 5.42. The largest absolute Gasteiger partial charge is 0.463 e. The SMILES string of the molecule is CCOC(=O)C1=C(c2ccncc2Cl)N=C2SC=CC21. The summed E-state index contributed by atoms with van der Waals surface area (Å²) >= 11 is 7.68. The van der Waals surface area contributed by atoms with Gasteiger partial charge in [-0.1, -0.05) is 29.4 Å². The zero-order valence-corrected chi connectivity index (χ0v) is 12.2. The first-order valence-electron chi connectivity index (χ1n) is 6.15. The van der Waals surface area contributed by atoms with Gasteiger partial charge in [0.1, 0.15) is 0 Å². The third kappa shape index (κ3) is 2.17. The van der Waals surface area contributed by atoms with E-state index in [0.29, 0.717) is 28.5 Å². The molecular weight excluding hydrogens is 296 g/mol. The summed E-state index contributed by atoms with van der Waals surface area (Å²) in [6.07, 6.45) is 5.13. The molecule has 1 aromatic rings. The lowest BCUT2D eigenvalue weighted by Gasteiger charge is -2.10. The number of thioether (sulfide) groups is 1. The molecule has 2 aliphatic heterocycles. The number of esters is 1. The zero-order chi connectivity index (χ0) is 14.1. The van der Waals surface area contributed by atoms with Crippen molar-refractivity contribution < 1.29 is 9.53 Å². The summed E-state index contributed by atoms with van der Waals surface area (Å²) in [6.45, 7) is 2.12. The maximum absolute atomic E-state index is 12.2. The number of allylic oxidation sites excluding steroid dienone is 1. The van der Waals surface area contributed by atoms with E-state index in [2.05, 4.69) is 9.98 Å². The molecule has 0 aromatic carbocycles. The average molecular weight is 307 g/mol. The predicted octanol–water partition coefficient (Wildman–Crippen LogP) is 3.30. The highest BCUT2D eigenvalue weighted by Gasteiger charge is 2.37.